The first-order valence-corrected chi connectivity index (χ1v) is 4.15. The number of aryl methyl sites for hydroxylation is 1. The third-order valence-corrected chi connectivity index (χ3v) is 1.86. The second-order valence-electron chi connectivity index (χ2n) is 2.71. The number of aromatic nitrogens is 1. The standard InChI is InChI=1S/C9H16N2/c1-3-10-7-6-9-5-4-8-11(9)2/h4-5,8,10H,3,6-7H2,1-2H3. The molecule has 0 saturated heterocycles. The van der Waals surface area contributed by atoms with Crippen molar-refractivity contribution in [1.29, 1.82) is 0 Å². The molecule has 0 aliphatic rings. The summed E-state index contributed by atoms with van der Waals surface area (Å²) in [6.45, 7) is 4.27. The summed E-state index contributed by atoms with van der Waals surface area (Å²) in [6, 6.07) is 4.25. The predicted molar refractivity (Wildman–Crippen MR) is 47.7 cm³/mol. The van der Waals surface area contributed by atoms with Gasteiger partial charge in [0.05, 0.1) is 0 Å². The third kappa shape index (κ3) is 2.39. The summed E-state index contributed by atoms with van der Waals surface area (Å²) in [7, 11) is 2.08. The Bertz CT molecular complexity index is 203. The van der Waals surface area contributed by atoms with Gasteiger partial charge in [-0.15, -0.1) is 0 Å². The summed E-state index contributed by atoms with van der Waals surface area (Å²) in [4.78, 5) is 0. The van der Waals surface area contributed by atoms with Crippen LogP contribution in [0.3, 0.4) is 0 Å². The fourth-order valence-electron chi connectivity index (χ4n) is 1.15. The van der Waals surface area contributed by atoms with Gasteiger partial charge >= 0.3 is 0 Å². The third-order valence-electron chi connectivity index (χ3n) is 1.86. The summed E-state index contributed by atoms with van der Waals surface area (Å²) >= 11 is 0. The van der Waals surface area contributed by atoms with Crippen molar-refractivity contribution >= 4 is 0 Å². The predicted octanol–water partition coefficient (Wildman–Crippen LogP) is 1.18. The number of likely N-dealkylation sites (N-methyl/N-ethyl adjacent to an activating group) is 1. The first-order valence-electron chi connectivity index (χ1n) is 4.15. The molecule has 0 spiro atoms. The molecular formula is C9H16N2. The molecule has 62 valence electrons. The minimum atomic E-state index is 1.06. The maximum absolute atomic E-state index is 3.30. The van der Waals surface area contributed by atoms with Gasteiger partial charge in [0.25, 0.3) is 0 Å². The summed E-state index contributed by atoms with van der Waals surface area (Å²) in [5.74, 6) is 0. The molecule has 0 atom stereocenters. The van der Waals surface area contributed by atoms with E-state index >= 15 is 0 Å². The number of hydrogen-bond acceptors (Lipinski definition) is 1. The highest BCUT2D eigenvalue weighted by Gasteiger charge is 1.94. The van der Waals surface area contributed by atoms with Crippen LogP contribution in [0.1, 0.15) is 12.6 Å². The Morgan fingerprint density at radius 1 is 1.55 bits per heavy atom. The lowest BCUT2D eigenvalue weighted by atomic mass is 10.3. The van der Waals surface area contributed by atoms with Crippen LogP contribution in [0.2, 0.25) is 0 Å². The van der Waals surface area contributed by atoms with Crippen LogP contribution < -0.4 is 5.32 Å². The van der Waals surface area contributed by atoms with Crippen molar-refractivity contribution in [1.82, 2.24) is 9.88 Å². The lowest BCUT2D eigenvalue weighted by Crippen LogP contribution is -2.17. The van der Waals surface area contributed by atoms with Gasteiger partial charge in [-0.25, -0.2) is 0 Å². The van der Waals surface area contributed by atoms with Crippen molar-refractivity contribution in [3.63, 3.8) is 0 Å². The first kappa shape index (κ1) is 8.34. The molecule has 0 fully saturated rings. The smallest absolute Gasteiger partial charge is 0.0184 e. The Morgan fingerprint density at radius 2 is 2.36 bits per heavy atom. The summed E-state index contributed by atoms with van der Waals surface area (Å²) in [5.41, 5.74) is 1.39. The molecule has 2 heteroatoms. The average Bonchev–Trinajstić information content (AvgIpc) is 2.37. The minimum absolute atomic E-state index is 1.06. The molecule has 0 radical (unpaired) electrons. The zero-order valence-corrected chi connectivity index (χ0v) is 7.30. The zero-order chi connectivity index (χ0) is 8.10. The zero-order valence-electron chi connectivity index (χ0n) is 7.30. The van der Waals surface area contributed by atoms with Crippen molar-refractivity contribution in [2.24, 2.45) is 7.05 Å². The van der Waals surface area contributed by atoms with E-state index in [2.05, 4.69) is 42.2 Å². The monoisotopic (exact) mass is 152 g/mol. The van der Waals surface area contributed by atoms with Crippen LogP contribution in [-0.4, -0.2) is 17.7 Å². The van der Waals surface area contributed by atoms with Gasteiger partial charge in [-0.1, -0.05) is 6.92 Å². The second kappa shape index (κ2) is 4.19. The maximum Gasteiger partial charge on any atom is 0.0184 e. The van der Waals surface area contributed by atoms with Crippen LogP contribution in [0, 0.1) is 0 Å². The number of hydrogen-bond donors (Lipinski definition) is 1. The van der Waals surface area contributed by atoms with E-state index in [9.17, 15) is 0 Å². The fourth-order valence-corrected chi connectivity index (χ4v) is 1.15. The molecule has 1 aromatic heterocycles. The summed E-state index contributed by atoms with van der Waals surface area (Å²) in [6.07, 6.45) is 3.21. The van der Waals surface area contributed by atoms with Crippen LogP contribution in [0.5, 0.6) is 0 Å². The van der Waals surface area contributed by atoms with E-state index in [0.717, 1.165) is 19.5 Å². The van der Waals surface area contributed by atoms with Crippen molar-refractivity contribution in [3.8, 4) is 0 Å². The Kier molecular flexibility index (Phi) is 3.17. The van der Waals surface area contributed by atoms with Gasteiger partial charge in [0.15, 0.2) is 0 Å². The van der Waals surface area contributed by atoms with Crippen LogP contribution in [-0.2, 0) is 13.5 Å². The van der Waals surface area contributed by atoms with E-state index in [1.165, 1.54) is 5.69 Å². The van der Waals surface area contributed by atoms with Gasteiger partial charge in [0.1, 0.15) is 0 Å². The highest BCUT2D eigenvalue weighted by molar-refractivity contribution is 5.06. The summed E-state index contributed by atoms with van der Waals surface area (Å²) < 4.78 is 2.16. The van der Waals surface area contributed by atoms with Crippen LogP contribution in [0.4, 0.5) is 0 Å². The van der Waals surface area contributed by atoms with Gasteiger partial charge < -0.3 is 9.88 Å². The van der Waals surface area contributed by atoms with Crippen LogP contribution >= 0.6 is 0 Å². The molecule has 0 saturated carbocycles. The molecule has 0 unspecified atom stereocenters. The van der Waals surface area contributed by atoms with E-state index < -0.39 is 0 Å². The number of rotatable bonds is 4. The van der Waals surface area contributed by atoms with Crippen molar-refractivity contribution < 1.29 is 0 Å². The van der Waals surface area contributed by atoms with E-state index in [1.807, 2.05) is 0 Å². The topological polar surface area (TPSA) is 17.0 Å². The largest absolute Gasteiger partial charge is 0.354 e. The minimum Gasteiger partial charge on any atom is -0.354 e. The van der Waals surface area contributed by atoms with Crippen molar-refractivity contribution in [2.45, 2.75) is 13.3 Å². The normalized spacial score (nSPS) is 10.4. The molecule has 0 aliphatic heterocycles. The van der Waals surface area contributed by atoms with Crippen LogP contribution in [0.25, 0.3) is 0 Å². The molecule has 1 rings (SSSR count). The molecule has 1 N–H and O–H groups in total. The van der Waals surface area contributed by atoms with E-state index in [-0.39, 0.29) is 0 Å². The number of nitrogens with zero attached hydrogens (tertiary/aromatic N) is 1. The molecule has 0 aromatic carbocycles. The Morgan fingerprint density at radius 3 is 2.91 bits per heavy atom. The first-order chi connectivity index (χ1) is 5.34. The van der Waals surface area contributed by atoms with Gasteiger partial charge in [-0.05, 0) is 18.7 Å². The van der Waals surface area contributed by atoms with E-state index in [0.29, 0.717) is 0 Å². The van der Waals surface area contributed by atoms with Crippen LogP contribution in [0.15, 0.2) is 18.3 Å². The molecule has 1 heterocycles. The fraction of sp³-hybridized carbons (Fsp3) is 0.556. The van der Waals surface area contributed by atoms with Gasteiger partial charge in [-0.3, -0.25) is 0 Å². The number of nitrogens with one attached hydrogen (secondary N) is 1. The van der Waals surface area contributed by atoms with Crippen molar-refractivity contribution in [3.05, 3.63) is 24.0 Å². The highest BCUT2D eigenvalue weighted by Crippen LogP contribution is 1.98. The molecule has 0 bridgehead atoms. The Labute approximate surface area is 68.2 Å². The lowest BCUT2D eigenvalue weighted by molar-refractivity contribution is 0.689. The van der Waals surface area contributed by atoms with Gasteiger partial charge in [0, 0.05) is 31.9 Å². The Hall–Kier alpha value is -0.760. The molecule has 0 aliphatic carbocycles. The van der Waals surface area contributed by atoms with Crippen molar-refractivity contribution in [2.75, 3.05) is 13.1 Å². The van der Waals surface area contributed by atoms with Gasteiger partial charge in [-0.2, -0.15) is 0 Å². The molecule has 11 heavy (non-hydrogen) atoms. The quantitative estimate of drug-likeness (QED) is 0.641. The van der Waals surface area contributed by atoms with E-state index in [4.69, 9.17) is 0 Å². The SMILES string of the molecule is CCNCCc1cccn1C. The molecule has 1 aromatic rings. The van der Waals surface area contributed by atoms with E-state index in [1.54, 1.807) is 0 Å². The molecular weight excluding hydrogens is 136 g/mol. The lowest BCUT2D eigenvalue weighted by Gasteiger charge is -2.02. The summed E-state index contributed by atoms with van der Waals surface area (Å²) in [5, 5.41) is 3.30. The molecule has 2 nitrogen and oxygen atoms in total. The second-order valence-corrected chi connectivity index (χ2v) is 2.71. The maximum atomic E-state index is 3.30. The Balaban J connectivity index is 2.32. The highest BCUT2D eigenvalue weighted by atomic mass is 14.9. The average molecular weight is 152 g/mol. The van der Waals surface area contributed by atoms with Gasteiger partial charge in [0.2, 0.25) is 0 Å². The molecule has 0 amide bonds.